The van der Waals surface area contributed by atoms with Crippen LogP contribution < -0.4 is 0 Å². The van der Waals surface area contributed by atoms with Crippen molar-refractivity contribution in [2.75, 3.05) is 0 Å². The first-order valence-electron chi connectivity index (χ1n) is 8.67. The highest BCUT2D eigenvalue weighted by molar-refractivity contribution is 5.97. The van der Waals surface area contributed by atoms with Crippen LogP contribution in [0.25, 0.3) is 5.69 Å². The molecular formula is C18H20N4O3. The lowest BCUT2D eigenvalue weighted by Gasteiger charge is -2.33. The second kappa shape index (κ2) is 6.31. The number of fused-ring (bicyclic) bond motifs is 1. The Balaban J connectivity index is 1.61. The Morgan fingerprint density at radius 2 is 1.88 bits per heavy atom. The van der Waals surface area contributed by atoms with Crippen LogP contribution in [0.5, 0.6) is 0 Å². The second-order valence-corrected chi connectivity index (χ2v) is 6.81. The molecule has 3 atom stereocenters. The maximum atomic E-state index is 13.0. The zero-order valence-corrected chi connectivity index (χ0v) is 13.8. The molecule has 7 nitrogen and oxygen atoms in total. The van der Waals surface area contributed by atoms with Gasteiger partial charge in [-0.2, -0.15) is 0 Å². The minimum absolute atomic E-state index is 0.0531. The van der Waals surface area contributed by atoms with Crippen LogP contribution in [-0.4, -0.2) is 49.0 Å². The van der Waals surface area contributed by atoms with Gasteiger partial charge in [0.15, 0.2) is 0 Å². The number of carboxylic acids is 1. The Kier molecular flexibility index (Phi) is 3.99. The minimum Gasteiger partial charge on any atom is -0.480 e. The third kappa shape index (κ3) is 2.79. The fourth-order valence-electron chi connectivity index (χ4n) is 4.22. The van der Waals surface area contributed by atoms with Gasteiger partial charge in [0.1, 0.15) is 6.04 Å². The molecule has 2 aromatic rings. The number of amides is 1. The van der Waals surface area contributed by atoms with Crippen LogP contribution in [0.4, 0.5) is 0 Å². The molecule has 130 valence electrons. The third-order valence-corrected chi connectivity index (χ3v) is 5.41. The molecule has 0 radical (unpaired) electrons. The van der Waals surface area contributed by atoms with Crippen molar-refractivity contribution in [3.63, 3.8) is 0 Å². The predicted octanol–water partition coefficient (Wildman–Crippen LogP) is 2.13. The summed E-state index contributed by atoms with van der Waals surface area (Å²) in [6.45, 7) is 0. The van der Waals surface area contributed by atoms with Crippen LogP contribution >= 0.6 is 0 Å². The van der Waals surface area contributed by atoms with Gasteiger partial charge in [-0.15, -0.1) is 5.10 Å². The lowest BCUT2D eigenvalue weighted by Crippen LogP contribution is -2.46. The van der Waals surface area contributed by atoms with Crippen molar-refractivity contribution < 1.29 is 14.7 Å². The van der Waals surface area contributed by atoms with E-state index in [-0.39, 0.29) is 11.9 Å². The average Bonchev–Trinajstić information content (AvgIpc) is 3.29. The number of aromatic nitrogens is 3. The second-order valence-electron chi connectivity index (χ2n) is 6.81. The third-order valence-electron chi connectivity index (χ3n) is 5.41. The van der Waals surface area contributed by atoms with E-state index in [1.165, 1.54) is 0 Å². The maximum absolute atomic E-state index is 13.0. The number of aliphatic carboxylic acids is 1. The molecule has 1 amide bonds. The SMILES string of the molecule is O=C(O)[C@@H]1C[C@H]2CCCC[C@@H]2N1C(=O)c1ccc(-n2ccnn2)cc1. The largest absolute Gasteiger partial charge is 0.480 e. The van der Waals surface area contributed by atoms with Crippen LogP contribution in [0, 0.1) is 5.92 Å². The number of rotatable bonds is 3. The highest BCUT2D eigenvalue weighted by atomic mass is 16.4. The van der Waals surface area contributed by atoms with E-state index in [9.17, 15) is 14.7 Å². The normalized spacial score (nSPS) is 25.6. The number of likely N-dealkylation sites (tertiary alicyclic amines) is 1. The van der Waals surface area contributed by atoms with E-state index in [1.54, 1.807) is 46.2 Å². The van der Waals surface area contributed by atoms with Crippen molar-refractivity contribution in [3.05, 3.63) is 42.2 Å². The van der Waals surface area contributed by atoms with E-state index in [2.05, 4.69) is 10.3 Å². The van der Waals surface area contributed by atoms with Crippen molar-refractivity contribution in [3.8, 4) is 5.69 Å². The lowest BCUT2D eigenvalue weighted by molar-refractivity contribution is -0.141. The van der Waals surface area contributed by atoms with Gasteiger partial charge in [0, 0.05) is 11.6 Å². The monoisotopic (exact) mass is 340 g/mol. The molecule has 1 aromatic heterocycles. The molecule has 2 heterocycles. The van der Waals surface area contributed by atoms with Crippen LogP contribution in [0.1, 0.15) is 42.5 Å². The number of carbonyl (C=O) groups excluding carboxylic acids is 1. The maximum Gasteiger partial charge on any atom is 0.326 e. The van der Waals surface area contributed by atoms with E-state index in [0.29, 0.717) is 17.9 Å². The van der Waals surface area contributed by atoms with Crippen molar-refractivity contribution in [1.29, 1.82) is 0 Å². The first kappa shape index (κ1) is 15.8. The summed E-state index contributed by atoms with van der Waals surface area (Å²) in [6.07, 6.45) is 7.99. The topological polar surface area (TPSA) is 88.3 Å². The summed E-state index contributed by atoms with van der Waals surface area (Å²) < 4.78 is 1.61. The number of carbonyl (C=O) groups is 2. The van der Waals surface area contributed by atoms with Gasteiger partial charge in [-0.3, -0.25) is 4.79 Å². The smallest absolute Gasteiger partial charge is 0.326 e. The number of hydrogen-bond acceptors (Lipinski definition) is 4. The molecule has 1 aliphatic carbocycles. The predicted molar refractivity (Wildman–Crippen MR) is 89.3 cm³/mol. The molecular weight excluding hydrogens is 320 g/mol. The van der Waals surface area contributed by atoms with Gasteiger partial charge in [-0.1, -0.05) is 18.1 Å². The van der Waals surface area contributed by atoms with Crippen LogP contribution in [-0.2, 0) is 4.79 Å². The van der Waals surface area contributed by atoms with Gasteiger partial charge >= 0.3 is 5.97 Å². The fraction of sp³-hybridized carbons (Fsp3) is 0.444. The first-order chi connectivity index (χ1) is 12.1. The average molecular weight is 340 g/mol. The molecule has 25 heavy (non-hydrogen) atoms. The first-order valence-corrected chi connectivity index (χ1v) is 8.67. The Morgan fingerprint density at radius 3 is 2.56 bits per heavy atom. The molecule has 4 rings (SSSR count). The minimum atomic E-state index is -0.901. The summed E-state index contributed by atoms with van der Waals surface area (Å²) in [5.74, 6) is -0.776. The summed E-state index contributed by atoms with van der Waals surface area (Å²) in [7, 11) is 0. The standard InChI is InChI=1S/C18H20N4O3/c23-17(12-5-7-14(8-6-12)21-10-9-19-20-21)22-15-4-2-1-3-13(15)11-16(22)18(24)25/h5-10,13,15-16H,1-4,11H2,(H,24,25)/t13-,15+,16+/m1/s1. The van der Waals surface area contributed by atoms with E-state index in [4.69, 9.17) is 0 Å². The Morgan fingerprint density at radius 1 is 1.12 bits per heavy atom. The fourth-order valence-corrected chi connectivity index (χ4v) is 4.22. The van der Waals surface area contributed by atoms with Crippen LogP contribution in [0.2, 0.25) is 0 Å². The molecule has 2 aliphatic rings. The molecule has 2 fully saturated rings. The molecule has 7 heteroatoms. The van der Waals surface area contributed by atoms with Crippen LogP contribution in [0.3, 0.4) is 0 Å². The van der Waals surface area contributed by atoms with E-state index >= 15 is 0 Å². The molecule has 1 aromatic carbocycles. The van der Waals surface area contributed by atoms with Crippen molar-refractivity contribution >= 4 is 11.9 Å². The summed E-state index contributed by atoms with van der Waals surface area (Å²) in [6, 6.07) is 6.40. The van der Waals surface area contributed by atoms with Crippen molar-refractivity contribution in [1.82, 2.24) is 19.9 Å². The molecule has 1 aliphatic heterocycles. The van der Waals surface area contributed by atoms with Gasteiger partial charge in [0.05, 0.1) is 18.1 Å². The molecule has 0 bridgehead atoms. The van der Waals surface area contributed by atoms with Gasteiger partial charge in [0.25, 0.3) is 5.91 Å². The molecule has 0 spiro atoms. The Bertz CT molecular complexity index is 772. The number of carboxylic acid groups (broad SMARTS) is 1. The number of hydrogen-bond donors (Lipinski definition) is 1. The quantitative estimate of drug-likeness (QED) is 0.924. The van der Waals surface area contributed by atoms with Gasteiger partial charge in [-0.25, -0.2) is 9.48 Å². The lowest BCUT2D eigenvalue weighted by atomic mass is 9.84. The molecule has 1 N–H and O–H groups in total. The van der Waals surface area contributed by atoms with Crippen molar-refractivity contribution in [2.24, 2.45) is 5.92 Å². The highest BCUT2D eigenvalue weighted by Crippen LogP contribution is 2.40. The summed E-state index contributed by atoms with van der Waals surface area (Å²) in [4.78, 5) is 26.4. The van der Waals surface area contributed by atoms with Crippen molar-refractivity contribution in [2.45, 2.75) is 44.2 Å². The molecule has 0 unspecified atom stereocenters. The molecule has 1 saturated heterocycles. The zero-order valence-electron chi connectivity index (χ0n) is 13.8. The number of benzene rings is 1. The summed E-state index contributed by atoms with van der Waals surface area (Å²) in [5.41, 5.74) is 1.32. The Hall–Kier alpha value is -2.70. The van der Waals surface area contributed by atoms with Crippen LogP contribution in [0.15, 0.2) is 36.7 Å². The zero-order chi connectivity index (χ0) is 17.4. The Labute approximate surface area is 145 Å². The summed E-state index contributed by atoms with van der Waals surface area (Å²) in [5, 5.41) is 17.3. The van der Waals surface area contributed by atoms with Gasteiger partial charge in [0.2, 0.25) is 0 Å². The summed E-state index contributed by atoms with van der Waals surface area (Å²) >= 11 is 0. The number of nitrogens with zero attached hydrogens (tertiary/aromatic N) is 4. The van der Waals surface area contributed by atoms with E-state index in [1.807, 2.05) is 0 Å². The van der Waals surface area contributed by atoms with Gasteiger partial charge in [-0.05, 0) is 49.4 Å². The van der Waals surface area contributed by atoms with E-state index < -0.39 is 12.0 Å². The van der Waals surface area contributed by atoms with Gasteiger partial charge < -0.3 is 10.0 Å². The van der Waals surface area contributed by atoms with E-state index in [0.717, 1.165) is 31.4 Å². The molecule has 1 saturated carbocycles. The highest BCUT2D eigenvalue weighted by Gasteiger charge is 2.47.